The summed E-state index contributed by atoms with van der Waals surface area (Å²) in [6.45, 7) is 0.364. The van der Waals surface area contributed by atoms with Gasteiger partial charge in [-0.2, -0.15) is 22.0 Å². The molecule has 2 aromatic carbocycles. The molecule has 48 heavy (non-hydrogen) atoms. The Morgan fingerprint density at radius 1 is 0.979 bits per heavy atom. The van der Waals surface area contributed by atoms with E-state index in [2.05, 4.69) is 15.0 Å². The lowest BCUT2D eigenvalue weighted by Gasteiger charge is -2.43. The molecule has 5 rings (SSSR count). The molecular formula is C32H32F7N5O4. The molecule has 16 heteroatoms. The Morgan fingerprint density at radius 2 is 1.58 bits per heavy atom. The van der Waals surface area contributed by atoms with E-state index in [1.807, 2.05) is 25.8 Å². The molecule has 0 saturated carbocycles. The minimum absolute atomic E-state index is 0.130. The molecule has 2 amide bonds. The van der Waals surface area contributed by atoms with Crippen LogP contribution in [0.2, 0.25) is 0 Å². The predicted octanol–water partition coefficient (Wildman–Crippen LogP) is 5.45. The minimum Gasteiger partial charge on any atom is -0.497 e. The number of nitrogens with zero attached hydrogens (tertiary/aromatic N) is 4. The summed E-state index contributed by atoms with van der Waals surface area (Å²) in [5.41, 5.74) is -2.60. The molecule has 0 aliphatic carbocycles. The number of pyridine rings is 1. The third-order valence-corrected chi connectivity index (χ3v) is 8.74. The molecule has 0 unspecified atom stereocenters. The highest BCUT2D eigenvalue weighted by molar-refractivity contribution is 6.05. The third-order valence-electron chi connectivity index (χ3n) is 8.74. The van der Waals surface area contributed by atoms with Crippen LogP contribution in [0.1, 0.15) is 41.3 Å². The summed E-state index contributed by atoms with van der Waals surface area (Å²) in [6, 6.07) is 5.07. The number of halogens is 7. The van der Waals surface area contributed by atoms with Gasteiger partial charge >= 0.3 is 12.8 Å². The van der Waals surface area contributed by atoms with Gasteiger partial charge < -0.3 is 24.6 Å². The number of amides is 2. The van der Waals surface area contributed by atoms with Crippen LogP contribution in [-0.4, -0.2) is 80.2 Å². The van der Waals surface area contributed by atoms with Gasteiger partial charge in [0.2, 0.25) is 5.91 Å². The number of carbonyl (C=O) groups excluding carboxylic acids is 2. The van der Waals surface area contributed by atoms with Gasteiger partial charge in [-0.25, -0.2) is 13.8 Å². The van der Waals surface area contributed by atoms with Crippen LogP contribution in [-0.2, 0) is 11.0 Å². The van der Waals surface area contributed by atoms with Crippen molar-refractivity contribution in [2.24, 2.45) is 0 Å². The molecule has 0 radical (unpaired) electrons. The van der Waals surface area contributed by atoms with E-state index in [0.717, 1.165) is 53.6 Å². The number of alkyl halides is 5. The first-order valence-electron chi connectivity index (χ1n) is 14.8. The molecule has 3 heterocycles. The van der Waals surface area contributed by atoms with E-state index in [9.17, 15) is 31.5 Å². The van der Waals surface area contributed by atoms with Gasteiger partial charge in [0.25, 0.3) is 5.91 Å². The zero-order chi connectivity index (χ0) is 35.1. The smallest absolute Gasteiger partial charge is 0.421 e. The lowest BCUT2D eigenvalue weighted by Crippen LogP contribution is -2.55. The van der Waals surface area contributed by atoms with Crippen LogP contribution >= 0.6 is 0 Å². The number of aromatic nitrogens is 1. The molecule has 9 nitrogen and oxygen atoms in total. The number of nitrogens with one attached hydrogen (secondary N) is 1. The first-order valence-corrected chi connectivity index (χ1v) is 14.8. The number of anilines is 2. The van der Waals surface area contributed by atoms with Gasteiger partial charge in [-0.15, -0.1) is 0 Å². The van der Waals surface area contributed by atoms with Crippen molar-refractivity contribution in [3.8, 4) is 11.5 Å². The second-order valence-electron chi connectivity index (χ2n) is 11.7. The van der Waals surface area contributed by atoms with Crippen LogP contribution in [0.3, 0.4) is 0 Å². The summed E-state index contributed by atoms with van der Waals surface area (Å²) in [4.78, 5) is 35.6. The van der Waals surface area contributed by atoms with Crippen molar-refractivity contribution in [1.82, 2.24) is 15.2 Å². The van der Waals surface area contributed by atoms with Gasteiger partial charge in [-0.1, -0.05) is 0 Å². The Kier molecular flexibility index (Phi) is 9.76. The Hall–Kier alpha value is -4.60. The maximum Gasteiger partial charge on any atom is 0.421 e. The first-order chi connectivity index (χ1) is 22.6. The number of benzene rings is 2. The molecule has 4 atom stereocenters. The summed E-state index contributed by atoms with van der Waals surface area (Å²) in [5, 5.41) is 2.39. The number of piperazine rings is 1. The molecule has 3 aromatic rings. The number of hydrogen-bond donors (Lipinski definition) is 1. The summed E-state index contributed by atoms with van der Waals surface area (Å²) in [5.74, 6) is -6.67. The maximum atomic E-state index is 15.4. The van der Waals surface area contributed by atoms with Crippen molar-refractivity contribution in [2.45, 2.75) is 50.7 Å². The molecule has 2 fully saturated rings. The van der Waals surface area contributed by atoms with Gasteiger partial charge in [0.1, 0.15) is 40.6 Å². The van der Waals surface area contributed by atoms with Crippen LogP contribution in [0, 0.1) is 11.6 Å². The van der Waals surface area contributed by atoms with Crippen LogP contribution in [0.5, 0.6) is 11.5 Å². The minimum atomic E-state index is -5.01. The first kappa shape index (κ1) is 34.7. The van der Waals surface area contributed by atoms with Crippen molar-refractivity contribution in [3.63, 3.8) is 0 Å². The summed E-state index contributed by atoms with van der Waals surface area (Å²) in [6.07, 6.45) is -3.89. The number of rotatable bonds is 8. The largest absolute Gasteiger partial charge is 0.497 e. The second-order valence-corrected chi connectivity index (χ2v) is 11.7. The maximum absolute atomic E-state index is 15.4. The summed E-state index contributed by atoms with van der Waals surface area (Å²) in [7, 11) is 3.04. The van der Waals surface area contributed by atoms with Gasteiger partial charge in [0, 0.05) is 67.1 Å². The fourth-order valence-corrected chi connectivity index (χ4v) is 6.17. The van der Waals surface area contributed by atoms with Crippen LogP contribution in [0.15, 0.2) is 48.7 Å². The summed E-state index contributed by atoms with van der Waals surface area (Å²) >= 11 is 0. The molecule has 0 bridgehead atoms. The average molecular weight is 684 g/mol. The van der Waals surface area contributed by atoms with E-state index in [4.69, 9.17) is 4.74 Å². The Bertz CT molecular complexity index is 1640. The quantitative estimate of drug-likeness (QED) is 0.317. The molecule has 2 aliphatic rings. The lowest BCUT2D eigenvalue weighted by atomic mass is 9.92. The van der Waals surface area contributed by atoms with Crippen molar-refractivity contribution in [2.75, 3.05) is 43.6 Å². The topological polar surface area (TPSA) is 87.2 Å². The predicted molar refractivity (Wildman–Crippen MR) is 160 cm³/mol. The van der Waals surface area contributed by atoms with Crippen LogP contribution in [0.25, 0.3) is 0 Å². The van der Waals surface area contributed by atoms with E-state index in [0.29, 0.717) is 0 Å². The highest BCUT2D eigenvalue weighted by Crippen LogP contribution is 2.45. The molecule has 2 aliphatic heterocycles. The van der Waals surface area contributed by atoms with Gasteiger partial charge in [0.05, 0.1) is 12.8 Å². The Morgan fingerprint density at radius 3 is 2.12 bits per heavy atom. The number of likely N-dealkylation sites (N-methyl/N-ethyl adjacent to an activating group) is 1. The number of hydrogen-bond acceptors (Lipinski definition) is 7. The SMILES string of the molecule is COc1cc(F)c([C@@H]2CN(c3ccnc(N4C[C@@H](C)N(C)[C@@H](C)C4)c3C(F)(F)F)C(=O)[C@H]2NC(=O)c2ccc(OC(F)F)cc2)c(F)c1. The lowest BCUT2D eigenvalue weighted by molar-refractivity contribution is -0.137. The monoisotopic (exact) mass is 683 g/mol. The van der Waals surface area contributed by atoms with E-state index >= 15 is 8.78 Å². The van der Waals surface area contributed by atoms with Crippen LogP contribution in [0.4, 0.5) is 42.2 Å². The third kappa shape index (κ3) is 6.84. The Labute approximate surface area is 271 Å². The van der Waals surface area contributed by atoms with Gasteiger partial charge in [0.15, 0.2) is 0 Å². The zero-order valence-corrected chi connectivity index (χ0v) is 26.2. The van der Waals surface area contributed by atoms with Crippen molar-refractivity contribution in [3.05, 3.63) is 77.0 Å². The summed E-state index contributed by atoms with van der Waals surface area (Å²) < 4.78 is 110. The molecule has 0 spiro atoms. The van der Waals surface area contributed by atoms with E-state index in [1.54, 1.807) is 0 Å². The van der Waals surface area contributed by atoms with E-state index in [-0.39, 0.29) is 42.2 Å². The van der Waals surface area contributed by atoms with Gasteiger partial charge in [-0.05, 0) is 51.2 Å². The number of methoxy groups -OCH3 is 1. The highest BCUT2D eigenvalue weighted by Gasteiger charge is 2.49. The van der Waals surface area contributed by atoms with E-state index < -0.39 is 77.4 Å². The van der Waals surface area contributed by atoms with Crippen molar-refractivity contribution < 1.29 is 49.8 Å². The van der Waals surface area contributed by atoms with Gasteiger partial charge in [-0.3, -0.25) is 14.5 Å². The number of ether oxygens (including phenoxy) is 2. The highest BCUT2D eigenvalue weighted by atomic mass is 19.4. The fourth-order valence-electron chi connectivity index (χ4n) is 6.17. The fraction of sp³-hybridized carbons (Fsp3) is 0.406. The normalized spacial score (nSPS) is 22.0. The Balaban J connectivity index is 1.57. The molecular weight excluding hydrogens is 651 g/mol. The van der Waals surface area contributed by atoms with Crippen LogP contribution < -0.4 is 24.6 Å². The zero-order valence-electron chi connectivity index (χ0n) is 26.2. The molecule has 2 saturated heterocycles. The average Bonchev–Trinajstić information content (AvgIpc) is 3.33. The van der Waals surface area contributed by atoms with Crippen molar-refractivity contribution in [1.29, 1.82) is 0 Å². The molecule has 1 N–H and O–H groups in total. The standard InChI is InChI=1S/C32H32F7N5O4/c1-16-13-43(14-17(2)42(16)3)28-26(32(37,38)39)24(9-10-40-28)44-15-21(25-22(33)11-20(47-4)12-23(25)34)27(30(44)46)41-29(45)18-5-7-19(8-6-18)48-31(35)36/h5-12,16-17,21,27,31H,13-15H2,1-4H3,(H,41,45)/t16-,17+,21-,27-/m0/s1. The molecule has 258 valence electrons. The van der Waals surface area contributed by atoms with Crippen molar-refractivity contribution >= 4 is 23.3 Å². The number of carbonyl (C=O) groups is 2. The second kappa shape index (κ2) is 13.5. The molecule has 1 aromatic heterocycles. The van der Waals surface area contributed by atoms with E-state index in [1.165, 1.54) is 12.0 Å².